The predicted octanol–water partition coefficient (Wildman–Crippen LogP) is 6.25. The van der Waals surface area contributed by atoms with Crippen LogP contribution in [0.2, 0.25) is 0 Å². The maximum absolute atomic E-state index is 12.8. The van der Waals surface area contributed by atoms with Crippen molar-refractivity contribution in [3.8, 4) is 0 Å². The Balaban J connectivity index is 2.02. The Morgan fingerprint density at radius 3 is 1.91 bits per heavy atom. The molecule has 0 saturated heterocycles. The second kappa shape index (κ2) is 14.8. The molecular weight excluding hydrogens is 588 g/mol. The van der Waals surface area contributed by atoms with Gasteiger partial charge in [0.05, 0.1) is 38.3 Å². The number of esters is 2. The van der Waals surface area contributed by atoms with Crippen molar-refractivity contribution >= 4 is 35.9 Å². The first kappa shape index (κ1) is 35.8. The predicted molar refractivity (Wildman–Crippen MR) is 192 cm³/mol. The lowest BCUT2D eigenvalue weighted by Crippen LogP contribution is -2.24. The van der Waals surface area contributed by atoms with E-state index in [4.69, 9.17) is 14.5 Å². The lowest BCUT2D eigenvalue weighted by molar-refractivity contribution is -0.146. The van der Waals surface area contributed by atoms with Gasteiger partial charge in [-0.1, -0.05) is 41.5 Å². The van der Waals surface area contributed by atoms with Crippen LogP contribution in [0.15, 0.2) is 33.0 Å². The summed E-state index contributed by atoms with van der Waals surface area (Å²) in [6.45, 7) is 22.5. The zero-order chi connectivity index (χ0) is 34.7. The first-order chi connectivity index (χ1) is 22.3. The summed E-state index contributed by atoms with van der Waals surface area (Å²) in [6.07, 6.45) is 8.36. The molecule has 0 aliphatic carbocycles. The molecule has 2 aromatic heterocycles. The molecule has 0 spiro atoms. The maximum atomic E-state index is 12.8. The fraction of sp³-hybridized carbons (Fsp3) is 0.513. The summed E-state index contributed by atoms with van der Waals surface area (Å²) in [6, 6.07) is 0. The number of aromatic nitrogens is 2. The van der Waals surface area contributed by atoms with Crippen molar-refractivity contribution in [2.24, 2.45) is 16.8 Å². The van der Waals surface area contributed by atoms with Gasteiger partial charge in [-0.05, 0) is 115 Å². The zero-order valence-electron chi connectivity index (χ0n) is 30.5. The van der Waals surface area contributed by atoms with Gasteiger partial charge in [-0.25, -0.2) is 0 Å². The van der Waals surface area contributed by atoms with Crippen LogP contribution in [0.25, 0.3) is 18.2 Å². The fourth-order valence-electron chi connectivity index (χ4n) is 7.23. The summed E-state index contributed by atoms with van der Waals surface area (Å²) in [5.41, 5.74) is 13.6. The van der Waals surface area contributed by atoms with Gasteiger partial charge >= 0.3 is 11.9 Å². The van der Waals surface area contributed by atoms with Crippen LogP contribution in [0.5, 0.6) is 0 Å². The number of carbonyl (C=O) groups is 2. The number of H-pyrrole nitrogens is 2. The number of nitrogens with zero attached hydrogens (tertiary/aromatic N) is 1. The third-order valence-electron chi connectivity index (χ3n) is 10.6. The van der Waals surface area contributed by atoms with Crippen molar-refractivity contribution in [3.63, 3.8) is 0 Å². The Morgan fingerprint density at radius 2 is 1.34 bits per heavy atom. The van der Waals surface area contributed by atoms with E-state index < -0.39 is 0 Å². The maximum Gasteiger partial charge on any atom is 0.308 e. The van der Waals surface area contributed by atoms with E-state index in [1.807, 2.05) is 13.8 Å². The number of allylic oxidation sites excluding steroid dienone is 2. The fourth-order valence-corrected chi connectivity index (χ4v) is 7.23. The molecule has 0 saturated carbocycles. The SMILES string of the molecule is CCC1=C(C)CN=C1/C=c1/[nH]/c(=C\c2[nH]c(/C=C3\NCC(C)=C3CC)c(C)c2[C@@H](C)[C@@H](C)C(=O)OC)c([C@@H](C)[C@@H](C)C(=O)OC)c1C. The summed E-state index contributed by atoms with van der Waals surface area (Å²) in [4.78, 5) is 37.8. The molecule has 0 amide bonds. The lowest BCUT2D eigenvalue weighted by Gasteiger charge is -2.20. The van der Waals surface area contributed by atoms with Gasteiger partial charge in [0, 0.05) is 34.3 Å². The van der Waals surface area contributed by atoms with Crippen molar-refractivity contribution < 1.29 is 19.1 Å². The van der Waals surface area contributed by atoms with Crippen LogP contribution in [0.1, 0.15) is 114 Å². The number of aliphatic imine (C=N–C) groups is 1. The molecule has 3 N–H and O–H groups in total. The number of carbonyl (C=O) groups excluding carboxylic acids is 2. The Kier molecular flexibility index (Phi) is 11.3. The second-order valence-electron chi connectivity index (χ2n) is 13.3. The van der Waals surface area contributed by atoms with E-state index in [9.17, 15) is 9.59 Å². The molecule has 4 heterocycles. The van der Waals surface area contributed by atoms with Crippen molar-refractivity contribution in [2.75, 3.05) is 27.3 Å². The van der Waals surface area contributed by atoms with Gasteiger partial charge in [0.15, 0.2) is 0 Å². The minimum atomic E-state index is -0.356. The molecule has 4 atom stereocenters. The highest BCUT2D eigenvalue weighted by atomic mass is 16.5. The average Bonchev–Trinajstić information content (AvgIpc) is 3.78. The van der Waals surface area contributed by atoms with Crippen molar-refractivity contribution in [3.05, 3.63) is 72.3 Å². The summed E-state index contributed by atoms with van der Waals surface area (Å²) in [5.74, 6) is -1.44. The van der Waals surface area contributed by atoms with E-state index in [1.165, 1.54) is 36.5 Å². The third kappa shape index (κ3) is 6.97. The molecule has 0 aromatic carbocycles. The molecule has 0 radical (unpaired) electrons. The van der Waals surface area contributed by atoms with Crippen LogP contribution in [0, 0.1) is 25.7 Å². The number of hydrogen-bond acceptors (Lipinski definition) is 6. The lowest BCUT2D eigenvalue weighted by atomic mass is 9.85. The molecule has 4 rings (SSSR count). The highest BCUT2D eigenvalue weighted by Gasteiger charge is 2.29. The van der Waals surface area contributed by atoms with Crippen molar-refractivity contribution in [1.82, 2.24) is 15.3 Å². The van der Waals surface area contributed by atoms with Crippen LogP contribution in [0.3, 0.4) is 0 Å². The molecule has 0 unspecified atom stereocenters. The van der Waals surface area contributed by atoms with Crippen LogP contribution >= 0.6 is 0 Å². The number of ether oxygens (including phenoxy) is 2. The summed E-state index contributed by atoms with van der Waals surface area (Å²) in [5, 5.41) is 5.45. The van der Waals surface area contributed by atoms with E-state index in [0.717, 1.165) is 81.7 Å². The van der Waals surface area contributed by atoms with Crippen LogP contribution in [0.4, 0.5) is 0 Å². The summed E-state index contributed by atoms with van der Waals surface area (Å²) < 4.78 is 10.3. The minimum absolute atomic E-state index is 0.124. The zero-order valence-corrected chi connectivity index (χ0v) is 30.5. The number of rotatable bonds is 11. The van der Waals surface area contributed by atoms with Gasteiger partial charge in [-0.2, -0.15) is 0 Å². The van der Waals surface area contributed by atoms with Crippen molar-refractivity contribution in [1.29, 1.82) is 0 Å². The molecule has 0 fully saturated rings. The Labute approximate surface area is 280 Å². The summed E-state index contributed by atoms with van der Waals surface area (Å²) >= 11 is 0. The number of aromatic amines is 2. The Hall–Kier alpha value is -4.07. The van der Waals surface area contributed by atoms with E-state index in [2.05, 4.69) is 88.9 Å². The molecule has 8 nitrogen and oxygen atoms in total. The molecule has 8 heteroatoms. The molecule has 2 aromatic rings. The molecule has 254 valence electrons. The molecule has 47 heavy (non-hydrogen) atoms. The van der Waals surface area contributed by atoms with Crippen LogP contribution in [-0.4, -0.2) is 54.9 Å². The molecule has 0 bridgehead atoms. The summed E-state index contributed by atoms with van der Waals surface area (Å²) in [7, 11) is 2.88. The van der Waals surface area contributed by atoms with Crippen LogP contribution < -0.4 is 16.0 Å². The topological polar surface area (TPSA) is 109 Å². The largest absolute Gasteiger partial charge is 0.469 e. The van der Waals surface area contributed by atoms with Gasteiger partial charge < -0.3 is 24.8 Å². The van der Waals surface area contributed by atoms with Crippen molar-refractivity contribution in [2.45, 2.75) is 93.9 Å². The molecule has 2 aliphatic rings. The Bertz CT molecular complexity index is 1800. The minimum Gasteiger partial charge on any atom is -0.469 e. The smallest absolute Gasteiger partial charge is 0.308 e. The molecule has 2 aliphatic heterocycles. The highest BCUT2D eigenvalue weighted by Crippen LogP contribution is 2.35. The van der Waals surface area contributed by atoms with Gasteiger partial charge in [-0.15, -0.1) is 0 Å². The van der Waals surface area contributed by atoms with Crippen LogP contribution in [-0.2, 0) is 19.1 Å². The van der Waals surface area contributed by atoms with E-state index >= 15 is 0 Å². The molecular formula is C39H54N4O4. The number of methoxy groups -OCH3 is 2. The van der Waals surface area contributed by atoms with Gasteiger partial charge in [0.25, 0.3) is 0 Å². The van der Waals surface area contributed by atoms with E-state index in [0.29, 0.717) is 0 Å². The van der Waals surface area contributed by atoms with Gasteiger partial charge in [0.1, 0.15) is 0 Å². The first-order valence-corrected chi connectivity index (χ1v) is 17.0. The van der Waals surface area contributed by atoms with Gasteiger partial charge in [-0.3, -0.25) is 14.6 Å². The van der Waals surface area contributed by atoms with E-state index in [-0.39, 0.29) is 35.6 Å². The monoisotopic (exact) mass is 642 g/mol. The first-order valence-electron chi connectivity index (χ1n) is 17.0. The highest BCUT2D eigenvalue weighted by molar-refractivity contribution is 6.22. The average molecular weight is 643 g/mol. The van der Waals surface area contributed by atoms with E-state index in [1.54, 1.807) is 0 Å². The Morgan fingerprint density at radius 1 is 0.745 bits per heavy atom. The number of hydrogen-bond donors (Lipinski definition) is 3. The number of nitrogens with one attached hydrogen (secondary N) is 3. The normalized spacial score (nSPS) is 19.3. The van der Waals surface area contributed by atoms with Gasteiger partial charge in [0.2, 0.25) is 0 Å². The third-order valence-corrected chi connectivity index (χ3v) is 10.6. The quantitative estimate of drug-likeness (QED) is 0.251. The second-order valence-corrected chi connectivity index (χ2v) is 13.3. The standard InChI is InChI=1S/C39H54N4O4/c1-13-28-20(3)18-40-32(28)15-30-26(9)36(22(5)24(7)38(44)46-11)34(42-30)17-35-37(23(6)25(8)39(45)47-12)27(10)31(43-35)16-33-29(14-2)21(4)19-41-33/h15-17,22-25,40,42-43H,13-14,18-19H2,1-12H3/b31-16+,32-15-,35-17-/t22-,23-,24+,25+/m0/s1.